The summed E-state index contributed by atoms with van der Waals surface area (Å²) in [5.41, 5.74) is 6.10. The summed E-state index contributed by atoms with van der Waals surface area (Å²) < 4.78 is 0. The summed E-state index contributed by atoms with van der Waals surface area (Å²) in [6.45, 7) is 3.00. The number of anilines is 1. The first-order valence-electron chi connectivity index (χ1n) is 7.54. The van der Waals surface area contributed by atoms with E-state index in [2.05, 4.69) is 47.6 Å². The van der Waals surface area contributed by atoms with Crippen molar-refractivity contribution in [2.75, 3.05) is 11.9 Å². The lowest BCUT2D eigenvalue weighted by Gasteiger charge is -2.40. The van der Waals surface area contributed by atoms with E-state index in [0.29, 0.717) is 6.54 Å². The number of hydrogen-bond donors (Lipinski definition) is 2. The third-order valence-electron chi connectivity index (χ3n) is 4.68. The average Bonchev–Trinajstić information content (AvgIpc) is 2.50. The third-order valence-corrected chi connectivity index (χ3v) is 4.68. The number of fused-ring (bicyclic) bond motifs is 1. The lowest BCUT2D eigenvalue weighted by atomic mass is 9.77. The number of nitrogens with one attached hydrogen (secondary N) is 1. The summed E-state index contributed by atoms with van der Waals surface area (Å²) >= 11 is 0. The molecule has 0 bridgehead atoms. The van der Waals surface area contributed by atoms with E-state index in [4.69, 9.17) is 5.73 Å². The average molecular weight is 269 g/mol. The van der Waals surface area contributed by atoms with Gasteiger partial charge in [-0.2, -0.15) is 0 Å². The molecule has 3 nitrogen and oxygen atoms in total. The molecule has 0 atom stereocenters. The molecule has 3 heteroatoms. The molecule has 0 radical (unpaired) electrons. The van der Waals surface area contributed by atoms with E-state index in [-0.39, 0.29) is 5.54 Å². The molecule has 2 aromatic rings. The van der Waals surface area contributed by atoms with E-state index >= 15 is 0 Å². The van der Waals surface area contributed by atoms with Crippen molar-refractivity contribution >= 4 is 16.6 Å². The van der Waals surface area contributed by atoms with Crippen LogP contribution < -0.4 is 11.1 Å². The lowest BCUT2D eigenvalue weighted by Crippen LogP contribution is -2.48. The summed E-state index contributed by atoms with van der Waals surface area (Å²) in [4.78, 5) is 4.55. The Kier molecular flexibility index (Phi) is 3.62. The van der Waals surface area contributed by atoms with Gasteiger partial charge in [0.25, 0.3) is 0 Å². The van der Waals surface area contributed by atoms with E-state index in [9.17, 15) is 0 Å². The highest BCUT2D eigenvalue weighted by Gasteiger charge is 2.33. The predicted molar refractivity (Wildman–Crippen MR) is 84.8 cm³/mol. The standard InChI is InChI=1S/C17H23N3/c1-13-6-9-17(12-18,10-7-13)20-16-15-5-3-2-4-14(15)8-11-19-16/h2-5,8,11,13H,6-7,9-10,12,18H2,1H3,(H,19,20). The number of nitrogens with zero attached hydrogens (tertiary/aromatic N) is 1. The summed E-state index contributed by atoms with van der Waals surface area (Å²) in [6.07, 6.45) is 6.63. The SMILES string of the molecule is CC1CCC(CN)(Nc2nccc3ccccc23)CC1. The molecule has 1 aromatic carbocycles. The zero-order chi connectivity index (χ0) is 14.0. The molecule has 1 aliphatic carbocycles. The summed E-state index contributed by atoms with van der Waals surface area (Å²) in [5, 5.41) is 6.08. The molecule has 106 valence electrons. The van der Waals surface area contributed by atoms with Gasteiger partial charge in [0.1, 0.15) is 5.82 Å². The summed E-state index contributed by atoms with van der Waals surface area (Å²) in [6, 6.07) is 10.4. The van der Waals surface area contributed by atoms with E-state index in [0.717, 1.165) is 24.6 Å². The first-order chi connectivity index (χ1) is 9.72. The van der Waals surface area contributed by atoms with Crippen molar-refractivity contribution in [3.05, 3.63) is 36.5 Å². The molecule has 0 amide bonds. The van der Waals surface area contributed by atoms with E-state index in [1.165, 1.54) is 23.6 Å². The maximum absolute atomic E-state index is 6.09. The molecule has 20 heavy (non-hydrogen) atoms. The van der Waals surface area contributed by atoms with Crippen molar-refractivity contribution in [1.29, 1.82) is 0 Å². The second-order valence-electron chi connectivity index (χ2n) is 6.17. The van der Waals surface area contributed by atoms with Crippen LogP contribution in [-0.2, 0) is 0 Å². The maximum Gasteiger partial charge on any atom is 0.134 e. The minimum absolute atomic E-state index is 0.0175. The largest absolute Gasteiger partial charge is 0.363 e. The fraction of sp³-hybridized carbons (Fsp3) is 0.471. The molecule has 1 saturated carbocycles. The molecule has 1 heterocycles. The molecule has 1 fully saturated rings. The van der Waals surface area contributed by atoms with Gasteiger partial charge in [-0.05, 0) is 43.1 Å². The first kappa shape index (κ1) is 13.4. The van der Waals surface area contributed by atoms with Gasteiger partial charge >= 0.3 is 0 Å². The number of benzene rings is 1. The number of rotatable bonds is 3. The topological polar surface area (TPSA) is 50.9 Å². The lowest BCUT2D eigenvalue weighted by molar-refractivity contribution is 0.271. The number of aromatic nitrogens is 1. The van der Waals surface area contributed by atoms with Crippen molar-refractivity contribution in [2.24, 2.45) is 11.7 Å². The van der Waals surface area contributed by atoms with Crippen LogP contribution in [0.1, 0.15) is 32.6 Å². The molecule has 1 aromatic heterocycles. The number of nitrogens with two attached hydrogens (primary N) is 1. The van der Waals surface area contributed by atoms with Gasteiger partial charge in [-0.25, -0.2) is 4.98 Å². The van der Waals surface area contributed by atoms with Gasteiger partial charge in [0.05, 0.1) is 5.54 Å². The zero-order valence-electron chi connectivity index (χ0n) is 12.1. The van der Waals surface area contributed by atoms with Crippen LogP contribution in [0.2, 0.25) is 0 Å². The highest BCUT2D eigenvalue weighted by molar-refractivity contribution is 5.91. The summed E-state index contributed by atoms with van der Waals surface area (Å²) in [7, 11) is 0. The Balaban J connectivity index is 1.91. The smallest absolute Gasteiger partial charge is 0.134 e. The zero-order valence-corrected chi connectivity index (χ0v) is 12.1. The van der Waals surface area contributed by atoms with Crippen LogP contribution in [0.15, 0.2) is 36.5 Å². The second-order valence-corrected chi connectivity index (χ2v) is 6.17. The molecule has 0 unspecified atom stereocenters. The third kappa shape index (κ3) is 2.50. The van der Waals surface area contributed by atoms with Crippen LogP contribution in [-0.4, -0.2) is 17.1 Å². The van der Waals surface area contributed by atoms with Crippen LogP contribution in [0.3, 0.4) is 0 Å². The van der Waals surface area contributed by atoms with Crippen LogP contribution in [0.5, 0.6) is 0 Å². The Hall–Kier alpha value is -1.61. The van der Waals surface area contributed by atoms with Crippen molar-refractivity contribution < 1.29 is 0 Å². The second kappa shape index (κ2) is 5.41. The molecule has 0 saturated heterocycles. The molecule has 0 spiro atoms. The van der Waals surface area contributed by atoms with Gasteiger partial charge in [0.2, 0.25) is 0 Å². The Bertz CT molecular complexity index is 580. The molecule has 1 aliphatic rings. The highest BCUT2D eigenvalue weighted by Crippen LogP contribution is 2.35. The quantitative estimate of drug-likeness (QED) is 0.896. The Morgan fingerprint density at radius 3 is 2.75 bits per heavy atom. The van der Waals surface area contributed by atoms with E-state index in [1.807, 2.05) is 6.20 Å². The predicted octanol–water partition coefficient (Wildman–Crippen LogP) is 3.55. The van der Waals surface area contributed by atoms with Gasteiger partial charge in [-0.15, -0.1) is 0 Å². The fourth-order valence-corrected chi connectivity index (χ4v) is 3.17. The van der Waals surface area contributed by atoms with Gasteiger partial charge in [-0.1, -0.05) is 31.2 Å². The normalized spacial score (nSPS) is 26.6. The number of hydrogen-bond acceptors (Lipinski definition) is 3. The monoisotopic (exact) mass is 269 g/mol. The van der Waals surface area contributed by atoms with Crippen LogP contribution in [0.25, 0.3) is 10.8 Å². The highest BCUT2D eigenvalue weighted by atomic mass is 15.1. The molecular formula is C17H23N3. The fourth-order valence-electron chi connectivity index (χ4n) is 3.17. The van der Waals surface area contributed by atoms with E-state index < -0.39 is 0 Å². The molecule has 0 aliphatic heterocycles. The van der Waals surface area contributed by atoms with Crippen molar-refractivity contribution in [2.45, 2.75) is 38.1 Å². The molecular weight excluding hydrogens is 246 g/mol. The van der Waals surface area contributed by atoms with Gasteiger partial charge < -0.3 is 11.1 Å². The number of pyridine rings is 1. The Morgan fingerprint density at radius 1 is 1.25 bits per heavy atom. The van der Waals surface area contributed by atoms with Crippen LogP contribution in [0, 0.1) is 5.92 Å². The Labute approximate surface area is 120 Å². The van der Waals surface area contributed by atoms with Gasteiger partial charge in [0, 0.05) is 18.1 Å². The molecule has 3 rings (SSSR count). The van der Waals surface area contributed by atoms with Gasteiger partial charge in [0.15, 0.2) is 0 Å². The first-order valence-corrected chi connectivity index (χ1v) is 7.54. The van der Waals surface area contributed by atoms with Crippen molar-refractivity contribution in [1.82, 2.24) is 4.98 Å². The molecule has 3 N–H and O–H groups in total. The minimum Gasteiger partial charge on any atom is -0.363 e. The van der Waals surface area contributed by atoms with Crippen LogP contribution in [0.4, 0.5) is 5.82 Å². The summed E-state index contributed by atoms with van der Waals surface area (Å²) in [5.74, 6) is 1.79. The maximum atomic E-state index is 6.09. The van der Waals surface area contributed by atoms with Crippen LogP contribution >= 0.6 is 0 Å². The van der Waals surface area contributed by atoms with Crippen molar-refractivity contribution in [3.63, 3.8) is 0 Å². The Morgan fingerprint density at radius 2 is 2.00 bits per heavy atom. The van der Waals surface area contributed by atoms with E-state index in [1.54, 1.807) is 0 Å². The minimum atomic E-state index is 0.0175. The van der Waals surface area contributed by atoms with Gasteiger partial charge in [-0.3, -0.25) is 0 Å². The van der Waals surface area contributed by atoms with Crippen molar-refractivity contribution in [3.8, 4) is 0 Å².